The first-order valence-electron chi connectivity index (χ1n) is 7.95. The predicted octanol–water partition coefficient (Wildman–Crippen LogP) is 3.17. The SMILES string of the molecule is COc1ccc2[nH]c(CN[C@H](C)Cn3nc(C)cc3C)cc2c1. The molecule has 122 valence electrons. The van der Waals surface area contributed by atoms with Crippen LogP contribution in [0.4, 0.5) is 0 Å². The lowest BCUT2D eigenvalue weighted by Gasteiger charge is -2.14. The molecule has 3 rings (SSSR count). The zero-order valence-electron chi connectivity index (χ0n) is 14.2. The van der Waals surface area contributed by atoms with Gasteiger partial charge in [-0.25, -0.2) is 0 Å². The van der Waals surface area contributed by atoms with Crippen LogP contribution in [0.3, 0.4) is 0 Å². The molecule has 0 bridgehead atoms. The van der Waals surface area contributed by atoms with E-state index in [1.807, 2.05) is 13.0 Å². The lowest BCUT2D eigenvalue weighted by Crippen LogP contribution is -2.30. The average molecular weight is 312 g/mol. The molecule has 0 spiro atoms. The van der Waals surface area contributed by atoms with Crippen molar-refractivity contribution in [1.29, 1.82) is 0 Å². The number of hydrogen-bond donors (Lipinski definition) is 2. The maximum atomic E-state index is 5.27. The van der Waals surface area contributed by atoms with E-state index in [4.69, 9.17) is 4.74 Å². The highest BCUT2D eigenvalue weighted by Crippen LogP contribution is 2.21. The van der Waals surface area contributed by atoms with Crippen molar-refractivity contribution in [1.82, 2.24) is 20.1 Å². The summed E-state index contributed by atoms with van der Waals surface area (Å²) in [4.78, 5) is 3.44. The van der Waals surface area contributed by atoms with E-state index in [0.29, 0.717) is 6.04 Å². The van der Waals surface area contributed by atoms with Crippen molar-refractivity contribution in [2.75, 3.05) is 7.11 Å². The second kappa shape index (κ2) is 6.46. The zero-order chi connectivity index (χ0) is 16.4. The third-order valence-electron chi connectivity index (χ3n) is 4.07. The molecule has 0 aliphatic carbocycles. The van der Waals surface area contributed by atoms with Crippen molar-refractivity contribution < 1.29 is 4.74 Å². The maximum absolute atomic E-state index is 5.27. The fourth-order valence-corrected chi connectivity index (χ4v) is 2.86. The Bertz CT molecular complexity index is 803. The van der Waals surface area contributed by atoms with E-state index in [-0.39, 0.29) is 0 Å². The van der Waals surface area contributed by atoms with Crippen molar-refractivity contribution in [3.63, 3.8) is 0 Å². The molecule has 5 heteroatoms. The Hall–Kier alpha value is -2.27. The third-order valence-corrected chi connectivity index (χ3v) is 4.07. The molecule has 1 atom stereocenters. The molecule has 0 radical (unpaired) electrons. The van der Waals surface area contributed by atoms with Gasteiger partial charge in [-0.15, -0.1) is 0 Å². The second-order valence-corrected chi connectivity index (χ2v) is 6.14. The van der Waals surface area contributed by atoms with E-state index < -0.39 is 0 Å². The van der Waals surface area contributed by atoms with Crippen LogP contribution in [0.15, 0.2) is 30.3 Å². The van der Waals surface area contributed by atoms with E-state index in [0.717, 1.165) is 30.0 Å². The number of fused-ring (bicyclic) bond motifs is 1. The summed E-state index contributed by atoms with van der Waals surface area (Å²) in [5.41, 5.74) is 4.58. The molecule has 0 amide bonds. The minimum absolute atomic E-state index is 0.342. The van der Waals surface area contributed by atoms with Crippen LogP contribution in [0, 0.1) is 13.8 Å². The Morgan fingerprint density at radius 2 is 2.09 bits per heavy atom. The molecule has 3 aromatic rings. The Morgan fingerprint density at radius 3 is 2.78 bits per heavy atom. The topological polar surface area (TPSA) is 54.9 Å². The standard InChI is InChI=1S/C18H24N4O/c1-12-7-14(3)22(21-12)11-13(2)19-10-16-8-15-9-17(23-4)5-6-18(15)20-16/h5-9,13,19-20H,10-11H2,1-4H3/t13-/m1/s1. The highest BCUT2D eigenvalue weighted by Gasteiger charge is 2.08. The van der Waals surface area contributed by atoms with Gasteiger partial charge in [0, 0.05) is 34.9 Å². The lowest BCUT2D eigenvalue weighted by molar-refractivity contribution is 0.415. The number of aromatic amines is 1. The number of benzene rings is 1. The Morgan fingerprint density at radius 1 is 1.26 bits per heavy atom. The fraction of sp³-hybridized carbons (Fsp3) is 0.389. The van der Waals surface area contributed by atoms with Gasteiger partial charge in [-0.1, -0.05) is 0 Å². The molecule has 0 saturated heterocycles. The summed E-state index contributed by atoms with van der Waals surface area (Å²) >= 11 is 0. The van der Waals surface area contributed by atoms with Gasteiger partial charge in [0.25, 0.3) is 0 Å². The average Bonchev–Trinajstić information content (AvgIpc) is 3.07. The van der Waals surface area contributed by atoms with E-state index >= 15 is 0 Å². The summed E-state index contributed by atoms with van der Waals surface area (Å²) in [6, 6.07) is 10.7. The van der Waals surface area contributed by atoms with Crippen LogP contribution in [0.2, 0.25) is 0 Å². The van der Waals surface area contributed by atoms with Gasteiger partial charge in [0.2, 0.25) is 0 Å². The lowest BCUT2D eigenvalue weighted by atomic mass is 10.2. The summed E-state index contributed by atoms with van der Waals surface area (Å²) in [6.45, 7) is 7.98. The van der Waals surface area contributed by atoms with Crippen LogP contribution in [0.5, 0.6) is 5.75 Å². The number of aryl methyl sites for hydroxylation is 2. The number of nitrogens with zero attached hydrogens (tertiary/aromatic N) is 2. The summed E-state index contributed by atoms with van der Waals surface area (Å²) in [7, 11) is 1.69. The molecule has 2 N–H and O–H groups in total. The van der Waals surface area contributed by atoms with Gasteiger partial charge in [-0.3, -0.25) is 4.68 Å². The number of rotatable bonds is 6. The molecule has 2 aromatic heterocycles. The van der Waals surface area contributed by atoms with Gasteiger partial charge in [0.1, 0.15) is 5.75 Å². The Labute approximate surface area is 136 Å². The molecule has 2 heterocycles. The van der Waals surface area contributed by atoms with Crippen LogP contribution in [-0.2, 0) is 13.1 Å². The molecule has 1 aromatic carbocycles. The summed E-state index contributed by atoms with van der Waals surface area (Å²) < 4.78 is 7.33. The van der Waals surface area contributed by atoms with Gasteiger partial charge in [-0.05, 0) is 51.1 Å². The number of aromatic nitrogens is 3. The zero-order valence-corrected chi connectivity index (χ0v) is 14.2. The first-order valence-corrected chi connectivity index (χ1v) is 7.95. The summed E-state index contributed by atoms with van der Waals surface area (Å²) in [6.07, 6.45) is 0. The molecule has 0 fully saturated rings. The van der Waals surface area contributed by atoms with Crippen LogP contribution in [0.1, 0.15) is 24.0 Å². The van der Waals surface area contributed by atoms with E-state index in [2.05, 4.69) is 58.2 Å². The second-order valence-electron chi connectivity index (χ2n) is 6.14. The quantitative estimate of drug-likeness (QED) is 0.735. The maximum Gasteiger partial charge on any atom is 0.119 e. The Kier molecular flexibility index (Phi) is 4.39. The number of hydrogen-bond acceptors (Lipinski definition) is 3. The van der Waals surface area contributed by atoms with Gasteiger partial charge >= 0.3 is 0 Å². The summed E-state index contributed by atoms with van der Waals surface area (Å²) in [5, 5.41) is 9.24. The van der Waals surface area contributed by atoms with Crippen molar-refractivity contribution in [2.45, 2.75) is 39.9 Å². The van der Waals surface area contributed by atoms with Crippen LogP contribution < -0.4 is 10.1 Å². The monoisotopic (exact) mass is 312 g/mol. The summed E-state index contributed by atoms with van der Waals surface area (Å²) in [5.74, 6) is 0.883. The van der Waals surface area contributed by atoms with Crippen LogP contribution >= 0.6 is 0 Å². The first-order chi connectivity index (χ1) is 11.0. The number of ether oxygens (including phenoxy) is 1. The fourth-order valence-electron chi connectivity index (χ4n) is 2.86. The molecular weight excluding hydrogens is 288 g/mol. The number of nitrogens with one attached hydrogen (secondary N) is 2. The van der Waals surface area contributed by atoms with Crippen molar-refractivity contribution >= 4 is 10.9 Å². The van der Waals surface area contributed by atoms with Gasteiger partial charge in [-0.2, -0.15) is 5.10 Å². The predicted molar refractivity (Wildman–Crippen MR) is 92.9 cm³/mol. The molecule has 5 nitrogen and oxygen atoms in total. The number of methoxy groups -OCH3 is 1. The minimum Gasteiger partial charge on any atom is -0.497 e. The molecule has 0 unspecified atom stereocenters. The molecule has 23 heavy (non-hydrogen) atoms. The smallest absolute Gasteiger partial charge is 0.119 e. The van der Waals surface area contributed by atoms with E-state index in [1.54, 1.807) is 7.11 Å². The van der Waals surface area contributed by atoms with Crippen molar-refractivity contribution in [2.24, 2.45) is 0 Å². The highest BCUT2D eigenvalue weighted by atomic mass is 16.5. The van der Waals surface area contributed by atoms with E-state index in [1.165, 1.54) is 16.8 Å². The van der Waals surface area contributed by atoms with Gasteiger partial charge < -0.3 is 15.0 Å². The van der Waals surface area contributed by atoms with E-state index in [9.17, 15) is 0 Å². The molecular formula is C18H24N4O. The largest absolute Gasteiger partial charge is 0.497 e. The first kappa shape index (κ1) is 15.6. The van der Waals surface area contributed by atoms with Crippen molar-refractivity contribution in [3.8, 4) is 5.75 Å². The molecule has 0 aliphatic heterocycles. The highest BCUT2D eigenvalue weighted by molar-refractivity contribution is 5.81. The third kappa shape index (κ3) is 3.56. The van der Waals surface area contributed by atoms with Gasteiger partial charge in [0.15, 0.2) is 0 Å². The minimum atomic E-state index is 0.342. The molecule has 0 saturated carbocycles. The number of H-pyrrole nitrogens is 1. The van der Waals surface area contributed by atoms with Crippen LogP contribution in [0.25, 0.3) is 10.9 Å². The normalized spacial score (nSPS) is 12.7. The van der Waals surface area contributed by atoms with Gasteiger partial charge in [0.05, 0.1) is 19.3 Å². The van der Waals surface area contributed by atoms with Crippen molar-refractivity contribution in [3.05, 3.63) is 47.4 Å². The molecule has 0 aliphatic rings. The van der Waals surface area contributed by atoms with Crippen LogP contribution in [-0.4, -0.2) is 27.9 Å². The Balaban J connectivity index is 1.62.